The van der Waals surface area contributed by atoms with Gasteiger partial charge in [-0.1, -0.05) is 24.3 Å². The van der Waals surface area contributed by atoms with Crippen LogP contribution in [0.4, 0.5) is 24.1 Å². The normalized spacial score (nSPS) is 22.1. The second-order valence-electron chi connectivity index (χ2n) is 11.7. The molecule has 1 saturated heterocycles. The van der Waals surface area contributed by atoms with Crippen molar-refractivity contribution >= 4 is 23.7 Å². The zero-order valence-corrected chi connectivity index (χ0v) is 24.0. The predicted octanol–water partition coefficient (Wildman–Crippen LogP) is 5.72. The summed E-state index contributed by atoms with van der Waals surface area (Å²) in [6, 6.07) is 9.31. The summed E-state index contributed by atoms with van der Waals surface area (Å²) in [5, 5.41) is 14.4. The van der Waals surface area contributed by atoms with Crippen molar-refractivity contribution in [2.24, 2.45) is 5.92 Å². The van der Waals surface area contributed by atoms with Gasteiger partial charge >= 0.3 is 18.0 Å². The highest BCUT2D eigenvalue weighted by molar-refractivity contribution is 6.03. The Bertz CT molecular complexity index is 1530. The molecular formula is C32H34F2N4O6. The van der Waals surface area contributed by atoms with Crippen LogP contribution in [-0.4, -0.2) is 65.2 Å². The SMILES string of the molecule is O=C(O)CCOc1ccccc1[C@H]1CC[C@H](N2CC(CNC(=O)N3C(=O)Nc4cocc4[C@@H]3c3ccc(F)c(F)c3)C2)CC1. The molecule has 1 aliphatic carbocycles. The molecule has 0 spiro atoms. The number of furan rings is 1. The predicted molar refractivity (Wildman–Crippen MR) is 155 cm³/mol. The van der Waals surface area contributed by atoms with Gasteiger partial charge in [-0.3, -0.25) is 9.69 Å². The van der Waals surface area contributed by atoms with Gasteiger partial charge in [0.1, 0.15) is 12.0 Å². The lowest BCUT2D eigenvalue weighted by atomic mass is 9.79. The Hall–Kier alpha value is -4.45. The molecule has 10 nitrogen and oxygen atoms in total. The Morgan fingerprint density at radius 2 is 1.80 bits per heavy atom. The summed E-state index contributed by atoms with van der Waals surface area (Å²) < 4.78 is 38.8. The third kappa shape index (κ3) is 6.12. The molecule has 232 valence electrons. The summed E-state index contributed by atoms with van der Waals surface area (Å²) in [7, 11) is 0. The number of anilines is 1. The fourth-order valence-corrected chi connectivity index (χ4v) is 6.58. The Morgan fingerprint density at radius 3 is 2.55 bits per heavy atom. The number of hydrogen-bond donors (Lipinski definition) is 3. The molecular weight excluding hydrogens is 574 g/mol. The quantitative estimate of drug-likeness (QED) is 0.284. The first-order valence-electron chi connectivity index (χ1n) is 14.8. The van der Waals surface area contributed by atoms with E-state index >= 15 is 0 Å². The molecule has 3 aromatic rings. The number of carbonyl (C=O) groups excluding carboxylic acids is 2. The number of nitrogens with one attached hydrogen (secondary N) is 2. The number of fused-ring (bicyclic) bond motifs is 1. The van der Waals surface area contributed by atoms with Crippen LogP contribution in [0.15, 0.2) is 59.4 Å². The van der Waals surface area contributed by atoms with Gasteiger partial charge in [0.05, 0.1) is 31.0 Å². The monoisotopic (exact) mass is 608 g/mol. The van der Waals surface area contributed by atoms with E-state index in [1.165, 1.54) is 18.6 Å². The van der Waals surface area contributed by atoms with Gasteiger partial charge < -0.3 is 24.9 Å². The average molecular weight is 609 g/mol. The maximum Gasteiger partial charge on any atom is 0.330 e. The number of halogens is 2. The number of ether oxygens (including phenoxy) is 1. The highest BCUT2D eigenvalue weighted by Crippen LogP contribution is 2.41. The van der Waals surface area contributed by atoms with Crippen molar-refractivity contribution in [2.45, 2.75) is 50.1 Å². The number of carbonyl (C=O) groups is 3. The standard InChI is InChI=1S/C32H34F2N4O6/c33-25-10-7-21(13-26(25)34)30-24-17-43-18-27(24)36-32(42)38(30)31(41)35-14-19-15-37(16-19)22-8-5-20(6-9-22)23-3-1-2-4-28(23)44-12-11-29(39)40/h1-4,7,10,13,17-20,22,30H,5-6,8-9,11-12,14-16H2,(H,35,41)(H,36,42)(H,39,40)/t20-,22-,30-/m0/s1. The molecule has 44 heavy (non-hydrogen) atoms. The number of nitrogens with zero attached hydrogens (tertiary/aromatic N) is 2. The first kappa shape index (κ1) is 29.6. The largest absolute Gasteiger partial charge is 0.493 e. The van der Waals surface area contributed by atoms with Gasteiger partial charge in [0.2, 0.25) is 0 Å². The van der Waals surface area contributed by atoms with Gasteiger partial charge in [0.25, 0.3) is 0 Å². The molecule has 3 heterocycles. The van der Waals surface area contributed by atoms with Crippen LogP contribution >= 0.6 is 0 Å². The smallest absolute Gasteiger partial charge is 0.330 e. The van der Waals surface area contributed by atoms with Gasteiger partial charge in [0.15, 0.2) is 11.6 Å². The number of carboxylic acids is 1. The summed E-state index contributed by atoms with van der Waals surface area (Å²) in [5.41, 5.74) is 2.21. The van der Waals surface area contributed by atoms with Crippen molar-refractivity contribution in [2.75, 3.05) is 31.6 Å². The highest BCUT2D eigenvalue weighted by atomic mass is 19.2. The number of hydrogen-bond acceptors (Lipinski definition) is 6. The van der Waals surface area contributed by atoms with E-state index in [1.54, 1.807) is 0 Å². The fraction of sp³-hybridized carbons (Fsp3) is 0.406. The molecule has 1 atom stereocenters. The zero-order chi connectivity index (χ0) is 30.8. The third-order valence-corrected chi connectivity index (χ3v) is 8.86. The summed E-state index contributed by atoms with van der Waals surface area (Å²) in [6.07, 6.45) is 6.75. The fourth-order valence-electron chi connectivity index (χ4n) is 6.58. The Kier molecular flexibility index (Phi) is 8.51. The van der Waals surface area contributed by atoms with Crippen molar-refractivity contribution < 1.29 is 37.4 Å². The highest BCUT2D eigenvalue weighted by Gasteiger charge is 2.41. The minimum Gasteiger partial charge on any atom is -0.493 e. The van der Waals surface area contributed by atoms with Crippen LogP contribution < -0.4 is 15.4 Å². The topological polar surface area (TPSA) is 124 Å². The first-order chi connectivity index (χ1) is 21.3. The number of rotatable bonds is 9. The van der Waals surface area contributed by atoms with E-state index in [0.717, 1.165) is 67.1 Å². The number of carboxylic acid groups (broad SMARTS) is 1. The van der Waals surface area contributed by atoms with Crippen LogP contribution in [0.3, 0.4) is 0 Å². The van der Waals surface area contributed by atoms with E-state index in [-0.39, 0.29) is 24.5 Å². The molecule has 4 amide bonds. The number of imide groups is 1. The van der Waals surface area contributed by atoms with Crippen molar-refractivity contribution in [1.29, 1.82) is 0 Å². The second kappa shape index (κ2) is 12.7. The van der Waals surface area contributed by atoms with Crippen molar-refractivity contribution in [3.05, 3.63) is 83.3 Å². The lowest BCUT2D eigenvalue weighted by molar-refractivity contribution is -0.137. The van der Waals surface area contributed by atoms with Crippen LogP contribution in [0, 0.1) is 17.6 Å². The van der Waals surface area contributed by atoms with Gasteiger partial charge in [0, 0.05) is 37.2 Å². The van der Waals surface area contributed by atoms with Crippen LogP contribution in [0.1, 0.15) is 60.8 Å². The molecule has 1 saturated carbocycles. The number of benzene rings is 2. The van der Waals surface area contributed by atoms with Gasteiger partial charge in [-0.25, -0.2) is 23.3 Å². The Balaban J connectivity index is 1.01. The van der Waals surface area contributed by atoms with E-state index in [2.05, 4.69) is 21.6 Å². The van der Waals surface area contributed by atoms with Gasteiger partial charge in [-0.05, 0) is 60.9 Å². The molecule has 3 aliphatic rings. The molecule has 0 radical (unpaired) electrons. The number of amides is 4. The Morgan fingerprint density at radius 1 is 1.02 bits per heavy atom. The molecule has 6 rings (SSSR count). The van der Waals surface area contributed by atoms with Crippen LogP contribution in [0.25, 0.3) is 0 Å². The molecule has 3 N–H and O–H groups in total. The molecule has 2 fully saturated rings. The molecule has 12 heteroatoms. The summed E-state index contributed by atoms with van der Waals surface area (Å²) >= 11 is 0. The average Bonchev–Trinajstić information content (AvgIpc) is 3.45. The lowest BCUT2D eigenvalue weighted by Crippen LogP contribution is -2.57. The minimum absolute atomic E-state index is 0.0387. The zero-order valence-electron chi connectivity index (χ0n) is 24.0. The molecule has 0 bridgehead atoms. The van der Waals surface area contributed by atoms with E-state index in [1.807, 2.05) is 18.2 Å². The molecule has 2 aromatic carbocycles. The van der Waals surface area contributed by atoms with E-state index in [4.69, 9.17) is 14.3 Å². The van der Waals surface area contributed by atoms with E-state index in [0.29, 0.717) is 29.8 Å². The minimum atomic E-state index is -1.07. The molecule has 1 aromatic heterocycles. The van der Waals surface area contributed by atoms with Crippen molar-refractivity contribution in [3.63, 3.8) is 0 Å². The van der Waals surface area contributed by atoms with Crippen molar-refractivity contribution in [3.8, 4) is 5.75 Å². The second-order valence-corrected chi connectivity index (χ2v) is 11.7. The van der Waals surface area contributed by atoms with Crippen LogP contribution in [0.5, 0.6) is 5.75 Å². The summed E-state index contributed by atoms with van der Waals surface area (Å²) in [6.45, 7) is 2.17. The molecule has 0 unspecified atom stereocenters. The Labute approximate surface area is 253 Å². The van der Waals surface area contributed by atoms with Crippen LogP contribution in [0.2, 0.25) is 0 Å². The number of aliphatic carboxylic acids is 1. The summed E-state index contributed by atoms with van der Waals surface area (Å²) in [5.74, 6) is -1.64. The van der Waals surface area contributed by atoms with E-state index < -0.39 is 35.7 Å². The summed E-state index contributed by atoms with van der Waals surface area (Å²) in [4.78, 5) is 40.5. The van der Waals surface area contributed by atoms with Gasteiger partial charge in [-0.2, -0.15) is 0 Å². The number of likely N-dealkylation sites (tertiary alicyclic amines) is 1. The maximum absolute atomic E-state index is 14.1. The van der Waals surface area contributed by atoms with Crippen LogP contribution in [-0.2, 0) is 4.79 Å². The van der Waals surface area contributed by atoms with Gasteiger partial charge in [-0.15, -0.1) is 0 Å². The number of urea groups is 2. The third-order valence-electron chi connectivity index (χ3n) is 8.86. The first-order valence-corrected chi connectivity index (χ1v) is 14.8. The number of para-hydroxylation sites is 1. The maximum atomic E-state index is 14.1. The van der Waals surface area contributed by atoms with E-state index in [9.17, 15) is 23.2 Å². The molecule has 2 aliphatic heterocycles. The van der Waals surface area contributed by atoms with Crippen molar-refractivity contribution in [1.82, 2.24) is 15.1 Å². The lowest BCUT2D eigenvalue weighted by Gasteiger charge is -2.47.